The van der Waals surface area contributed by atoms with Crippen LogP contribution >= 0.6 is 0 Å². The third-order valence-electron chi connectivity index (χ3n) is 2.95. The molecule has 108 valence electrons. The number of hydrogen-bond donors (Lipinski definition) is 1. The summed E-state index contributed by atoms with van der Waals surface area (Å²) in [6.45, 7) is 2.66. The van der Waals surface area contributed by atoms with Gasteiger partial charge in [-0.05, 0) is 30.7 Å². The Hall–Kier alpha value is -1.85. The minimum absolute atomic E-state index is 0.551. The molecule has 1 heterocycles. The fraction of sp³-hybridized carbons (Fsp3) is 0.400. The van der Waals surface area contributed by atoms with E-state index in [4.69, 9.17) is 15.2 Å². The van der Waals surface area contributed by atoms with Crippen molar-refractivity contribution in [3.63, 3.8) is 0 Å². The lowest BCUT2D eigenvalue weighted by atomic mass is 10.1. The molecule has 0 amide bonds. The quantitative estimate of drug-likeness (QED) is 0.748. The Morgan fingerprint density at radius 2 is 2.15 bits per heavy atom. The largest absolute Gasteiger partial charge is 0.491 e. The lowest BCUT2D eigenvalue weighted by Crippen LogP contribution is -2.05. The van der Waals surface area contributed by atoms with Crippen molar-refractivity contribution < 1.29 is 9.47 Å². The standard InChI is InChI=1S/C15H21N3O2/c1-19-8-9-20-15-5-2-4-13(10-15)14-11-17-18(12-14)7-3-6-16/h2,4-5,10-12H,3,6-9,16H2,1H3. The highest BCUT2D eigenvalue weighted by molar-refractivity contribution is 5.63. The van der Waals surface area contributed by atoms with Crippen LogP contribution in [0.5, 0.6) is 5.75 Å². The molecule has 0 saturated heterocycles. The third kappa shape index (κ3) is 4.08. The molecule has 2 N–H and O–H groups in total. The Bertz CT molecular complexity index is 525. The molecule has 1 aromatic heterocycles. The van der Waals surface area contributed by atoms with E-state index in [1.807, 2.05) is 41.3 Å². The van der Waals surface area contributed by atoms with Crippen molar-refractivity contribution in [3.05, 3.63) is 36.7 Å². The first-order valence-electron chi connectivity index (χ1n) is 6.78. The second-order valence-electron chi connectivity index (χ2n) is 4.50. The first-order chi connectivity index (χ1) is 9.83. The number of nitrogens with two attached hydrogens (primary N) is 1. The maximum absolute atomic E-state index is 5.61. The highest BCUT2D eigenvalue weighted by Crippen LogP contribution is 2.23. The van der Waals surface area contributed by atoms with Crippen LogP contribution in [-0.2, 0) is 11.3 Å². The average Bonchev–Trinajstić information content (AvgIpc) is 2.95. The SMILES string of the molecule is COCCOc1cccc(-c2cnn(CCCN)c2)c1. The van der Waals surface area contributed by atoms with Crippen LogP contribution in [0, 0.1) is 0 Å². The number of ether oxygens (including phenoxy) is 2. The lowest BCUT2D eigenvalue weighted by Gasteiger charge is -2.06. The lowest BCUT2D eigenvalue weighted by molar-refractivity contribution is 0.146. The van der Waals surface area contributed by atoms with Crippen molar-refractivity contribution in [1.29, 1.82) is 0 Å². The fourth-order valence-corrected chi connectivity index (χ4v) is 1.90. The molecule has 0 unspecified atom stereocenters. The molecule has 20 heavy (non-hydrogen) atoms. The van der Waals surface area contributed by atoms with Crippen LogP contribution < -0.4 is 10.5 Å². The summed E-state index contributed by atoms with van der Waals surface area (Å²) in [6, 6.07) is 7.99. The molecule has 1 aromatic carbocycles. The molecule has 0 fully saturated rings. The molecule has 0 aliphatic heterocycles. The van der Waals surface area contributed by atoms with Crippen molar-refractivity contribution in [1.82, 2.24) is 9.78 Å². The number of aryl methyl sites for hydroxylation is 1. The van der Waals surface area contributed by atoms with Gasteiger partial charge in [0.2, 0.25) is 0 Å². The van der Waals surface area contributed by atoms with E-state index in [1.165, 1.54) is 0 Å². The highest BCUT2D eigenvalue weighted by Gasteiger charge is 2.03. The Morgan fingerprint density at radius 3 is 2.95 bits per heavy atom. The summed E-state index contributed by atoms with van der Waals surface area (Å²) in [5, 5.41) is 4.34. The summed E-state index contributed by atoms with van der Waals surface area (Å²) < 4.78 is 12.5. The van der Waals surface area contributed by atoms with Crippen LogP contribution in [0.4, 0.5) is 0 Å². The molecule has 2 rings (SSSR count). The van der Waals surface area contributed by atoms with Crippen molar-refractivity contribution in [2.45, 2.75) is 13.0 Å². The Morgan fingerprint density at radius 1 is 1.25 bits per heavy atom. The molecule has 0 atom stereocenters. The van der Waals surface area contributed by atoms with Crippen LogP contribution in [-0.4, -0.2) is 36.6 Å². The van der Waals surface area contributed by atoms with Crippen LogP contribution in [0.3, 0.4) is 0 Å². The molecule has 0 bridgehead atoms. The Labute approximate surface area is 119 Å². The van der Waals surface area contributed by atoms with Crippen molar-refractivity contribution in [3.8, 4) is 16.9 Å². The number of aromatic nitrogens is 2. The monoisotopic (exact) mass is 275 g/mol. The number of methoxy groups -OCH3 is 1. The van der Waals surface area contributed by atoms with E-state index >= 15 is 0 Å². The number of hydrogen-bond acceptors (Lipinski definition) is 4. The van der Waals surface area contributed by atoms with Crippen molar-refractivity contribution in [2.24, 2.45) is 5.73 Å². The van der Waals surface area contributed by atoms with Crippen LogP contribution in [0.15, 0.2) is 36.7 Å². The van der Waals surface area contributed by atoms with E-state index in [2.05, 4.69) is 5.10 Å². The van der Waals surface area contributed by atoms with Crippen LogP contribution in [0.1, 0.15) is 6.42 Å². The molecule has 5 heteroatoms. The summed E-state index contributed by atoms with van der Waals surface area (Å²) in [6.07, 6.45) is 4.83. The summed E-state index contributed by atoms with van der Waals surface area (Å²) in [7, 11) is 1.66. The predicted molar refractivity (Wildman–Crippen MR) is 78.7 cm³/mol. The molecule has 0 spiro atoms. The minimum Gasteiger partial charge on any atom is -0.491 e. The van der Waals surface area contributed by atoms with E-state index < -0.39 is 0 Å². The van der Waals surface area contributed by atoms with Gasteiger partial charge in [-0.15, -0.1) is 0 Å². The average molecular weight is 275 g/mol. The van der Waals surface area contributed by atoms with Crippen molar-refractivity contribution in [2.75, 3.05) is 26.9 Å². The third-order valence-corrected chi connectivity index (χ3v) is 2.95. The van der Waals surface area contributed by atoms with Gasteiger partial charge < -0.3 is 15.2 Å². The maximum atomic E-state index is 5.61. The zero-order valence-electron chi connectivity index (χ0n) is 11.8. The fourth-order valence-electron chi connectivity index (χ4n) is 1.90. The second-order valence-corrected chi connectivity index (χ2v) is 4.50. The van der Waals surface area contributed by atoms with Gasteiger partial charge in [0.15, 0.2) is 0 Å². The Kier molecular flexibility index (Phi) is 5.58. The normalized spacial score (nSPS) is 10.7. The van der Waals surface area contributed by atoms with E-state index in [0.29, 0.717) is 19.8 Å². The topological polar surface area (TPSA) is 62.3 Å². The van der Waals surface area contributed by atoms with Gasteiger partial charge in [-0.2, -0.15) is 5.10 Å². The maximum Gasteiger partial charge on any atom is 0.120 e. The molecule has 2 aromatic rings. The predicted octanol–water partition coefficient (Wildman–Crippen LogP) is 1.92. The molecule has 0 aliphatic rings. The van der Waals surface area contributed by atoms with Gasteiger partial charge in [0.05, 0.1) is 12.8 Å². The zero-order valence-corrected chi connectivity index (χ0v) is 11.8. The van der Waals surface area contributed by atoms with Crippen LogP contribution in [0.2, 0.25) is 0 Å². The molecule has 0 aliphatic carbocycles. The summed E-state index contributed by atoms with van der Waals surface area (Å²) >= 11 is 0. The van der Waals surface area contributed by atoms with Gasteiger partial charge in [0.1, 0.15) is 12.4 Å². The first-order valence-corrected chi connectivity index (χ1v) is 6.78. The number of benzene rings is 1. The van der Waals surface area contributed by atoms with E-state index in [0.717, 1.165) is 29.8 Å². The number of rotatable bonds is 8. The molecule has 0 saturated carbocycles. The summed E-state index contributed by atoms with van der Waals surface area (Å²) in [5.41, 5.74) is 7.68. The van der Waals surface area contributed by atoms with Gasteiger partial charge in [-0.25, -0.2) is 0 Å². The van der Waals surface area contributed by atoms with Crippen LogP contribution in [0.25, 0.3) is 11.1 Å². The Balaban J connectivity index is 2.04. The smallest absolute Gasteiger partial charge is 0.120 e. The minimum atomic E-state index is 0.551. The summed E-state index contributed by atoms with van der Waals surface area (Å²) in [4.78, 5) is 0. The van der Waals surface area contributed by atoms with Gasteiger partial charge in [0.25, 0.3) is 0 Å². The van der Waals surface area contributed by atoms with Gasteiger partial charge >= 0.3 is 0 Å². The van der Waals surface area contributed by atoms with E-state index in [9.17, 15) is 0 Å². The van der Waals surface area contributed by atoms with Gasteiger partial charge in [-0.1, -0.05) is 12.1 Å². The zero-order chi connectivity index (χ0) is 14.2. The number of nitrogens with zero attached hydrogens (tertiary/aromatic N) is 2. The molecule has 5 nitrogen and oxygen atoms in total. The highest BCUT2D eigenvalue weighted by atomic mass is 16.5. The second kappa shape index (κ2) is 7.67. The molecular formula is C15H21N3O2. The summed E-state index contributed by atoms with van der Waals surface area (Å²) in [5.74, 6) is 0.842. The van der Waals surface area contributed by atoms with Gasteiger partial charge in [0, 0.05) is 25.4 Å². The van der Waals surface area contributed by atoms with Crippen molar-refractivity contribution >= 4 is 0 Å². The molecular weight excluding hydrogens is 254 g/mol. The first kappa shape index (κ1) is 14.6. The van der Waals surface area contributed by atoms with E-state index in [-0.39, 0.29) is 0 Å². The molecule has 0 radical (unpaired) electrons. The van der Waals surface area contributed by atoms with Gasteiger partial charge in [-0.3, -0.25) is 4.68 Å². The van der Waals surface area contributed by atoms with E-state index in [1.54, 1.807) is 7.11 Å².